The van der Waals surface area contributed by atoms with Gasteiger partial charge in [-0.15, -0.1) is 0 Å². The first-order valence-electron chi connectivity index (χ1n) is 7.44. The summed E-state index contributed by atoms with van der Waals surface area (Å²) < 4.78 is 33.0. The third kappa shape index (κ3) is 5.65. The van der Waals surface area contributed by atoms with Crippen LogP contribution in [0.5, 0.6) is 0 Å². The van der Waals surface area contributed by atoms with Gasteiger partial charge < -0.3 is 10.1 Å². The van der Waals surface area contributed by atoms with E-state index in [-0.39, 0.29) is 0 Å². The lowest BCUT2D eigenvalue weighted by molar-refractivity contribution is 0.0491. The number of ether oxygens (including phenoxy) is 1. The topological polar surface area (TPSA) is 61.9 Å². The number of nitrogens with one attached hydrogen (secondary N) is 1. The van der Waals surface area contributed by atoms with Crippen LogP contribution in [0.25, 0.3) is 0 Å². The van der Waals surface area contributed by atoms with Crippen LogP contribution in [-0.2, 0) is 14.9 Å². The van der Waals surface area contributed by atoms with E-state index in [1.807, 2.05) is 6.92 Å². The molecule has 120 valence electrons. The fraction of sp³-hybridized carbons (Fsp3) is 1.00. The number of hydrogen-bond acceptors (Lipinski definition) is 4. The van der Waals surface area contributed by atoms with E-state index >= 15 is 0 Å². The molecule has 1 N–H and O–H groups in total. The van der Waals surface area contributed by atoms with Gasteiger partial charge in [-0.2, -0.15) is 17.0 Å². The molecule has 0 saturated carbocycles. The van der Waals surface area contributed by atoms with Crippen LogP contribution in [0.3, 0.4) is 0 Å². The van der Waals surface area contributed by atoms with Crippen molar-refractivity contribution in [3.8, 4) is 0 Å². The maximum atomic E-state index is 12.4. The SMILES string of the molecule is CCNCCCN(C)S(=O)(=O)N(C)CC1CCCOC1. The molecule has 0 aliphatic carbocycles. The molecule has 0 bridgehead atoms. The molecule has 6 nitrogen and oxygen atoms in total. The molecule has 0 aromatic rings. The fourth-order valence-electron chi connectivity index (χ4n) is 2.37. The maximum absolute atomic E-state index is 12.4. The highest BCUT2D eigenvalue weighted by Gasteiger charge is 2.26. The second-order valence-electron chi connectivity index (χ2n) is 5.40. The second kappa shape index (κ2) is 8.94. The first-order chi connectivity index (χ1) is 9.48. The highest BCUT2D eigenvalue weighted by atomic mass is 32.2. The van der Waals surface area contributed by atoms with Crippen LogP contribution in [0.1, 0.15) is 26.2 Å². The normalized spacial score (nSPS) is 20.8. The van der Waals surface area contributed by atoms with Crippen LogP contribution >= 0.6 is 0 Å². The fourth-order valence-corrected chi connectivity index (χ4v) is 3.60. The summed E-state index contributed by atoms with van der Waals surface area (Å²) in [5.41, 5.74) is 0. The quantitative estimate of drug-likeness (QED) is 0.631. The Bertz CT molecular complexity index is 356. The van der Waals surface area contributed by atoms with Gasteiger partial charge in [-0.1, -0.05) is 6.92 Å². The van der Waals surface area contributed by atoms with Gasteiger partial charge >= 0.3 is 0 Å². The van der Waals surface area contributed by atoms with Crippen molar-refractivity contribution in [3.63, 3.8) is 0 Å². The minimum Gasteiger partial charge on any atom is -0.381 e. The highest BCUT2D eigenvalue weighted by molar-refractivity contribution is 7.86. The number of nitrogens with zero attached hydrogens (tertiary/aromatic N) is 2. The average Bonchev–Trinajstić information content (AvgIpc) is 2.44. The zero-order valence-electron chi connectivity index (χ0n) is 13.0. The number of rotatable bonds is 9. The molecule has 1 rings (SSSR count). The Morgan fingerprint density at radius 1 is 1.30 bits per heavy atom. The first kappa shape index (κ1) is 17.8. The Morgan fingerprint density at radius 3 is 2.65 bits per heavy atom. The van der Waals surface area contributed by atoms with Gasteiger partial charge in [-0.3, -0.25) is 0 Å². The first-order valence-corrected chi connectivity index (χ1v) is 8.84. The zero-order chi connectivity index (χ0) is 15.0. The van der Waals surface area contributed by atoms with Gasteiger partial charge in [0.15, 0.2) is 0 Å². The third-order valence-electron chi connectivity index (χ3n) is 3.63. The molecule has 0 aromatic heterocycles. The van der Waals surface area contributed by atoms with Crippen LogP contribution in [0.4, 0.5) is 0 Å². The van der Waals surface area contributed by atoms with E-state index in [1.54, 1.807) is 14.1 Å². The summed E-state index contributed by atoms with van der Waals surface area (Å²) >= 11 is 0. The maximum Gasteiger partial charge on any atom is 0.281 e. The molecule has 1 aliphatic rings. The molecular formula is C13H29N3O3S. The van der Waals surface area contributed by atoms with Crippen LogP contribution in [0.15, 0.2) is 0 Å². The van der Waals surface area contributed by atoms with E-state index in [0.717, 1.165) is 39.0 Å². The summed E-state index contributed by atoms with van der Waals surface area (Å²) in [7, 11) is -0.0368. The third-order valence-corrected chi connectivity index (χ3v) is 5.54. The molecule has 1 heterocycles. The zero-order valence-corrected chi connectivity index (χ0v) is 13.8. The highest BCUT2D eigenvalue weighted by Crippen LogP contribution is 2.16. The minimum absolute atomic E-state index is 0.318. The van der Waals surface area contributed by atoms with Gasteiger partial charge in [0.1, 0.15) is 0 Å². The van der Waals surface area contributed by atoms with E-state index in [0.29, 0.717) is 25.6 Å². The van der Waals surface area contributed by atoms with Crippen LogP contribution in [0, 0.1) is 5.92 Å². The molecule has 20 heavy (non-hydrogen) atoms. The summed E-state index contributed by atoms with van der Waals surface area (Å²) in [6.07, 6.45) is 2.89. The molecule has 1 atom stereocenters. The molecule has 0 radical (unpaired) electrons. The molecule has 1 aliphatic heterocycles. The molecule has 1 fully saturated rings. The van der Waals surface area contributed by atoms with Crippen molar-refractivity contribution in [3.05, 3.63) is 0 Å². The Balaban J connectivity index is 2.40. The van der Waals surface area contributed by atoms with E-state index in [4.69, 9.17) is 4.74 Å². The average molecular weight is 307 g/mol. The van der Waals surface area contributed by atoms with E-state index < -0.39 is 10.2 Å². The molecule has 1 unspecified atom stereocenters. The largest absolute Gasteiger partial charge is 0.381 e. The molecule has 0 aromatic carbocycles. The van der Waals surface area contributed by atoms with Gasteiger partial charge in [0, 0.05) is 33.8 Å². The summed E-state index contributed by atoms with van der Waals surface area (Å²) in [4.78, 5) is 0. The number of hydrogen-bond donors (Lipinski definition) is 1. The smallest absolute Gasteiger partial charge is 0.281 e. The monoisotopic (exact) mass is 307 g/mol. The molecule has 0 spiro atoms. The lowest BCUT2D eigenvalue weighted by Gasteiger charge is -2.29. The van der Waals surface area contributed by atoms with Gasteiger partial charge in [0.05, 0.1) is 6.61 Å². The van der Waals surface area contributed by atoms with Crippen LogP contribution in [-0.4, -0.2) is 70.5 Å². The Morgan fingerprint density at radius 2 is 2.05 bits per heavy atom. The predicted octanol–water partition coefficient (Wildman–Crippen LogP) is 0.521. The van der Waals surface area contributed by atoms with Crippen molar-refractivity contribution in [2.45, 2.75) is 26.2 Å². The molecule has 0 amide bonds. The van der Waals surface area contributed by atoms with Crippen molar-refractivity contribution in [2.24, 2.45) is 5.92 Å². The standard InChI is InChI=1S/C13H29N3O3S/c1-4-14-8-6-9-15(2)20(17,18)16(3)11-13-7-5-10-19-12-13/h13-14H,4-12H2,1-3H3. The summed E-state index contributed by atoms with van der Waals surface area (Å²) in [5.74, 6) is 0.318. The van der Waals surface area contributed by atoms with Gasteiger partial charge in [0.25, 0.3) is 10.2 Å². The molecule has 1 saturated heterocycles. The lowest BCUT2D eigenvalue weighted by Crippen LogP contribution is -2.43. The van der Waals surface area contributed by atoms with Crippen LogP contribution in [0.2, 0.25) is 0 Å². The molecule has 7 heteroatoms. The van der Waals surface area contributed by atoms with E-state index in [9.17, 15) is 8.42 Å². The molecular weight excluding hydrogens is 278 g/mol. The van der Waals surface area contributed by atoms with Crippen molar-refractivity contribution >= 4 is 10.2 Å². The summed E-state index contributed by atoms with van der Waals surface area (Å²) in [6.45, 7) is 6.36. The van der Waals surface area contributed by atoms with Crippen molar-refractivity contribution in [1.29, 1.82) is 0 Å². The summed E-state index contributed by atoms with van der Waals surface area (Å²) in [5, 5.41) is 3.20. The van der Waals surface area contributed by atoms with Crippen molar-refractivity contribution < 1.29 is 13.2 Å². The predicted molar refractivity (Wildman–Crippen MR) is 80.9 cm³/mol. The second-order valence-corrected chi connectivity index (χ2v) is 7.54. The Hall–Kier alpha value is -0.210. The van der Waals surface area contributed by atoms with E-state index in [1.165, 1.54) is 8.61 Å². The Labute approximate surface area is 123 Å². The van der Waals surface area contributed by atoms with Crippen molar-refractivity contribution in [2.75, 3.05) is 53.5 Å². The lowest BCUT2D eigenvalue weighted by atomic mass is 10.0. The van der Waals surface area contributed by atoms with Crippen LogP contribution < -0.4 is 5.32 Å². The van der Waals surface area contributed by atoms with E-state index in [2.05, 4.69) is 5.32 Å². The summed E-state index contributed by atoms with van der Waals surface area (Å²) in [6, 6.07) is 0. The minimum atomic E-state index is -3.34. The van der Waals surface area contributed by atoms with Gasteiger partial charge in [0.2, 0.25) is 0 Å². The van der Waals surface area contributed by atoms with Gasteiger partial charge in [-0.05, 0) is 38.3 Å². The Kier molecular flexibility index (Phi) is 7.98. The van der Waals surface area contributed by atoms with Crippen molar-refractivity contribution in [1.82, 2.24) is 13.9 Å². The van der Waals surface area contributed by atoms with Gasteiger partial charge in [-0.25, -0.2) is 0 Å².